The molecule has 0 spiro atoms. The number of hydrogen-bond donors (Lipinski definition) is 2. The lowest BCUT2D eigenvalue weighted by atomic mass is 10.1. The molecule has 1 saturated carbocycles. The molecule has 9 nitrogen and oxygen atoms in total. The Morgan fingerprint density at radius 3 is 2.86 bits per heavy atom. The van der Waals surface area contributed by atoms with Crippen molar-refractivity contribution in [2.75, 3.05) is 5.32 Å². The summed E-state index contributed by atoms with van der Waals surface area (Å²) in [6.07, 6.45) is 5.37. The largest absolute Gasteiger partial charge is 0.328 e. The Morgan fingerprint density at radius 2 is 2.18 bits per heavy atom. The average Bonchev–Trinajstić information content (AvgIpc) is 3.26. The van der Waals surface area contributed by atoms with Gasteiger partial charge in [-0.05, 0) is 44.2 Å². The standard InChI is InChI=1S/C19H24N8O/c1-4-27-18(20-10-22-27)16(13-8-9-13)24-19(28)23-15-7-5-6-14(12(15)2)17-25-21-11-26(17)3/h5-7,10-11,13,16H,4,8-9H2,1-3H3,(H2,23,24,28)/t16-/m1/s1. The van der Waals surface area contributed by atoms with E-state index < -0.39 is 0 Å². The van der Waals surface area contributed by atoms with Crippen molar-refractivity contribution in [1.29, 1.82) is 0 Å². The molecule has 3 aromatic rings. The van der Waals surface area contributed by atoms with Gasteiger partial charge in [0.15, 0.2) is 5.82 Å². The molecule has 9 heteroatoms. The monoisotopic (exact) mass is 380 g/mol. The van der Waals surface area contributed by atoms with Crippen LogP contribution in [0.3, 0.4) is 0 Å². The van der Waals surface area contributed by atoms with Crippen molar-refractivity contribution in [3.8, 4) is 11.4 Å². The number of nitrogens with one attached hydrogen (secondary N) is 2. The van der Waals surface area contributed by atoms with Gasteiger partial charge in [-0.25, -0.2) is 14.5 Å². The highest BCUT2D eigenvalue weighted by Gasteiger charge is 2.36. The van der Waals surface area contributed by atoms with Crippen molar-refractivity contribution in [3.63, 3.8) is 0 Å². The summed E-state index contributed by atoms with van der Waals surface area (Å²) >= 11 is 0. The third-order valence-corrected chi connectivity index (χ3v) is 5.14. The van der Waals surface area contributed by atoms with Crippen LogP contribution < -0.4 is 10.6 Å². The van der Waals surface area contributed by atoms with Crippen molar-refractivity contribution in [2.24, 2.45) is 13.0 Å². The van der Waals surface area contributed by atoms with Crippen LogP contribution >= 0.6 is 0 Å². The van der Waals surface area contributed by atoms with Crippen LogP contribution in [0.25, 0.3) is 11.4 Å². The summed E-state index contributed by atoms with van der Waals surface area (Å²) in [7, 11) is 1.89. The van der Waals surface area contributed by atoms with Gasteiger partial charge in [-0.2, -0.15) is 5.10 Å². The number of aromatic nitrogens is 6. The van der Waals surface area contributed by atoms with Crippen LogP contribution in [0.4, 0.5) is 10.5 Å². The summed E-state index contributed by atoms with van der Waals surface area (Å²) < 4.78 is 3.69. The highest BCUT2D eigenvalue weighted by molar-refractivity contribution is 5.91. The first-order chi connectivity index (χ1) is 13.6. The number of rotatable bonds is 6. The van der Waals surface area contributed by atoms with E-state index in [2.05, 4.69) is 30.9 Å². The lowest BCUT2D eigenvalue weighted by Gasteiger charge is -2.19. The fraction of sp³-hybridized carbons (Fsp3) is 0.421. The van der Waals surface area contributed by atoms with Crippen LogP contribution in [0, 0.1) is 12.8 Å². The van der Waals surface area contributed by atoms with Gasteiger partial charge in [-0.3, -0.25) is 0 Å². The van der Waals surface area contributed by atoms with Crippen molar-refractivity contribution in [2.45, 2.75) is 39.3 Å². The molecule has 1 atom stereocenters. The Balaban J connectivity index is 1.53. The number of amides is 2. The van der Waals surface area contributed by atoms with Gasteiger partial charge in [-0.15, -0.1) is 10.2 Å². The van der Waals surface area contributed by atoms with Crippen LogP contribution in [0.15, 0.2) is 30.9 Å². The molecule has 28 heavy (non-hydrogen) atoms. The number of hydrogen-bond acceptors (Lipinski definition) is 5. The van der Waals surface area contributed by atoms with Gasteiger partial charge in [0.2, 0.25) is 0 Å². The summed E-state index contributed by atoms with van der Waals surface area (Å²) in [6.45, 7) is 4.70. The molecule has 1 aliphatic carbocycles. The molecule has 0 saturated heterocycles. The molecular weight excluding hydrogens is 356 g/mol. The van der Waals surface area contributed by atoms with Crippen molar-refractivity contribution in [3.05, 3.63) is 42.2 Å². The maximum atomic E-state index is 12.8. The predicted molar refractivity (Wildman–Crippen MR) is 104 cm³/mol. The van der Waals surface area contributed by atoms with E-state index in [0.29, 0.717) is 5.92 Å². The Hall–Kier alpha value is -3.23. The Kier molecular flexibility index (Phi) is 4.81. The molecule has 4 rings (SSSR count). The number of nitrogens with zero attached hydrogens (tertiary/aromatic N) is 6. The van der Waals surface area contributed by atoms with Gasteiger partial charge in [0.1, 0.15) is 18.5 Å². The van der Waals surface area contributed by atoms with Crippen LogP contribution in [0.2, 0.25) is 0 Å². The minimum Gasteiger partial charge on any atom is -0.328 e. The van der Waals surface area contributed by atoms with Gasteiger partial charge in [-0.1, -0.05) is 12.1 Å². The first-order valence-corrected chi connectivity index (χ1v) is 9.47. The highest BCUT2D eigenvalue weighted by Crippen LogP contribution is 2.40. The van der Waals surface area contributed by atoms with Gasteiger partial charge < -0.3 is 15.2 Å². The SMILES string of the molecule is CCn1ncnc1[C@H](NC(=O)Nc1cccc(-c2nncn2C)c1C)C1CC1. The molecule has 2 aromatic heterocycles. The molecule has 1 fully saturated rings. The van der Waals surface area contributed by atoms with Crippen molar-refractivity contribution < 1.29 is 4.79 Å². The second-order valence-electron chi connectivity index (χ2n) is 7.09. The van der Waals surface area contributed by atoms with E-state index in [4.69, 9.17) is 0 Å². The van der Waals surface area contributed by atoms with E-state index >= 15 is 0 Å². The third-order valence-electron chi connectivity index (χ3n) is 5.14. The molecule has 1 aromatic carbocycles. The summed E-state index contributed by atoms with van der Waals surface area (Å²) in [6, 6.07) is 5.37. The van der Waals surface area contributed by atoms with Gasteiger partial charge in [0.05, 0.1) is 6.04 Å². The van der Waals surface area contributed by atoms with Crippen LogP contribution in [0.5, 0.6) is 0 Å². The smallest absolute Gasteiger partial charge is 0.319 e. The summed E-state index contributed by atoms with van der Waals surface area (Å²) in [5.41, 5.74) is 2.61. The summed E-state index contributed by atoms with van der Waals surface area (Å²) in [4.78, 5) is 17.1. The van der Waals surface area contributed by atoms with Crippen LogP contribution in [0.1, 0.15) is 37.2 Å². The van der Waals surface area contributed by atoms with Gasteiger partial charge in [0.25, 0.3) is 0 Å². The molecule has 2 heterocycles. The van der Waals surface area contributed by atoms with Gasteiger partial charge in [0, 0.05) is 24.8 Å². The molecule has 0 radical (unpaired) electrons. The normalized spacial score (nSPS) is 14.7. The lowest BCUT2D eigenvalue weighted by molar-refractivity contribution is 0.246. The van der Waals surface area contributed by atoms with E-state index in [-0.39, 0.29) is 12.1 Å². The highest BCUT2D eigenvalue weighted by atomic mass is 16.2. The fourth-order valence-electron chi connectivity index (χ4n) is 3.42. The maximum absolute atomic E-state index is 12.8. The Morgan fingerprint density at radius 1 is 1.36 bits per heavy atom. The molecular formula is C19H24N8O. The van der Waals surface area contributed by atoms with Gasteiger partial charge >= 0.3 is 6.03 Å². The molecule has 0 unspecified atom stereocenters. The molecule has 2 amide bonds. The predicted octanol–water partition coefficient (Wildman–Crippen LogP) is 2.67. The maximum Gasteiger partial charge on any atom is 0.319 e. The van der Waals surface area contributed by atoms with E-state index in [1.165, 1.54) is 0 Å². The van der Waals surface area contributed by atoms with E-state index in [1.54, 1.807) is 12.7 Å². The molecule has 0 bridgehead atoms. The van der Waals surface area contributed by atoms with Crippen molar-refractivity contribution in [1.82, 2.24) is 34.8 Å². The first kappa shape index (κ1) is 18.1. The van der Waals surface area contributed by atoms with Crippen LogP contribution in [-0.2, 0) is 13.6 Å². The number of urea groups is 1. The molecule has 2 N–H and O–H groups in total. The van der Waals surface area contributed by atoms with Crippen molar-refractivity contribution >= 4 is 11.7 Å². The Labute approximate surface area is 163 Å². The van der Waals surface area contributed by atoms with E-state index in [1.807, 2.05) is 48.3 Å². The second kappa shape index (κ2) is 7.41. The quantitative estimate of drug-likeness (QED) is 0.684. The lowest BCUT2D eigenvalue weighted by Crippen LogP contribution is -2.35. The number of aryl methyl sites for hydroxylation is 2. The number of carbonyl (C=O) groups is 1. The van der Waals surface area contributed by atoms with Crippen LogP contribution in [-0.4, -0.2) is 35.6 Å². The molecule has 0 aliphatic heterocycles. The minimum atomic E-state index is -0.249. The van der Waals surface area contributed by atoms with E-state index in [9.17, 15) is 4.79 Å². The zero-order chi connectivity index (χ0) is 19.7. The number of carbonyl (C=O) groups excluding carboxylic acids is 1. The molecule has 1 aliphatic rings. The number of benzene rings is 1. The van der Waals surface area contributed by atoms with E-state index in [0.717, 1.165) is 47.8 Å². The summed E-state index contributed by atoms with van der Waals surface area (Å²) in [5, 5.41) is 18.4. The second-order valence-corrected chi connectivity index (χ2v) is 7.09. The summed E-state index contributed by atoms with van der Waals surface area (Å²) in [5.74, 6) is 1.98. The fourth-order valence-corrected chi connectivity index (χ4v) is 3.42. The number of anilines is 1. The Bertz CT molecular complexity index is 987. The zero-order valence-electron chi connectivity index (χ0n) is 16.3. The minimum absolute atomic E-state index is 0.135. The zero-order valence-corrected chi connectivity index (χ0v) is 16.3. The third kappa shape index (κ3) is 3.47. The first-order valence-electron chi connectivity index (χ1n) is 9.47. The molecule has 146 valence electrons. The average molecular weight is 380 g/mol. The topological polar surface area (TPSA) is 103 Å².